The summed E-state index contributed by atoms with van der Waals surface area (Å²) >= 11 is 6.19. The number of allylic oxidation sites excluding steroid dienone is 2. The van der Waals surface area contributed by atoms with Crippen molar-refractivity contribution in [2.24, 2.45) is 35.5 Å². The van der Waals surface area contributed by atoms with E-state index >= 15 is 0 Å². The standard InChI is InChI=1S/C18H16ClNO2/c19-14-4-2-1-3-9(14)8-20-17(21)15-10-5-6-11(13-7-12(10)13)16(15)18(20)22/h1-6,10-13,15-16H,7-8H2/t10-,11-,12-,13-,15-,16+/m0/s1. The molecule has 2 saturated carbocycles. The van der Waals surface area contributed by atoms with Crippen LogP contribution in [0.1, 0.15) is 12.0 Å². The Kier molecular flexibility index (Phi) is 2.48. The van der Waals surface area contributed by atoms with Gasteiger partial charge in [0.2, 0.25) is 11.8 Å². The number of hydrogen-bond acceptors (Lipinski definition) is 2. The van der Waals surface area contributed by atoms with Gasteiger partial charge in [-0.25, -0.2) is 0 Å². The Hall–Kier alpha value is -1.61. The second-order valence-electron chi connectivity index (χ2n) is 7.01. The molecular weight excluding hydrogens is 298 g/mol. The lowest BCUT2D eigenvalue weighted by atomic mass is 9.63. The van der Waals surface area contributed by atoms with Gasteiger partial charge in [-0.1, -0.05) is 42.0 Å². The van der Waals surface area contributed by atoms with Crippen molar-refractivity contribution in [2.75, 3.05) is 0 Å². The molecule has 0 radical (unpaired) electrons. The molecule has 22 heavy (non-hydrogen) atoms. The van der Waals surface area contributed by atoms with Gasteiger partial charge in [0, 0.05) is 5.02 Å². The normalized spacial score (nSPS) is 40.9. The fraction of sp³-hybridized carbons (Fsp3) is 0.444. The minimum Gasteiger partial charge on any atom is -0.278 e. The Balaban J connectivity index is 1.49. The van der Waals surface area contributed by atoms with Crippen LogP contribution in [0.2, 0.25) is 5.02 Å². The predicted octanol–water partition coefficient (Wildman–Crippen LogP) is 2.89. The van der Waals surface area contributed by atoms with Crippen LogP contribution >= 0.6 is 11.6 Å². The summed E-state index contributed by atoms with van der Waals surface area (Å²) in [4.78, 5) is 27.1. The van der Waals surface area contributed by atoms with E-state index in [2.05, 4.69) is 12.2 Å². The summed E-state index contributed by atoms with van der Waals surface area (Å²) in [6.45, 7) is 0.305. The molecule has 2 bridgehead atoms. The average Bonchev–Trinajstić information content (AvgIpc) is 3.30. The molecule has 4 heteroatoms. The first-order chi connectivity index (χ1) is 10.7. The van der Waals surface area contributed by atoms with Crippen molar-refractivity contribution in [2.45, 2.75) is 13.0 Å². The van der Waals surface area contributed by atoms with Gasteiger partial charge in [0.1, 0.15) is 0 Å². The number of nitrogens with zero attached hydrogens (tertiary/aromatic N) is 1. The Morgan fingerprint density at radius 3 is 2.18 bits per heavy atom. The van der Waals surface area contributed by atoms with Gasteiger partial charge < -0.3 is 0 Å². The summed E-state index contributed by atoms with van der Waals surface area (Å²) in [5, 5.41) is 0.613. The second-order valence-corrected chi connectivity index (χ2v) is 7.42. The number of rotatable bonds is 2. The number of carbonyl (C=O) groups is 2. The maximum atomic E-state index is 12.8. The molecule has 6 rings (SSSR count). The number of amides is 2. The third-order valence-corrected chi connectivity index (χ3v) is 6.41. The average molecular weight is 314 g/mol. The summed E-state index contributed by atoms with van der Waals surface area (Å²) in [7, 11) is 0. The van der Waals surface area contributed by atoms with E-state index in [1.54, 1.807) is 6.07 Å². The third-order valence-electron chi connectivity index (χ3n) is 6.04. The molecule has 112 valence electrons. The van der Waals surface area contributed by atoms with E-state index in [-0.39, 0.29) is 35.5 Å². The third kappa shape index (κ3) is 1.52. The molecule has 1 aliphatic heterocycles. The summed E-state index contributed by atoms with van der Waals surface area (Å²) in [5.41, 5.74) is 0.843. The highest BCUT2D eigenvalue weighted by atomic mass is 35.5. The maximum absolute atomic E-state index is 12.8. The van der Waals surface area contributed by atoms with Crippen LogP contribution in [0.25, 0.3) is 0 Å². The summed E-state index contributed by atoms with van der Waals surface area (Å²) in [5.74, 6) is 1.66. The van der Waals surface area contributed by atoms with E-state index in [1.807, 2.05) is 18.2 Å². The van der Waals surface area contributed by atoms with Crippen LogP contribution in [0.5, 0.6) is 0 Å². The highest BCUT2D eigenvalue weighted by Gasteiger charge is 2.66. The van der Waals surface area contributed by atoms with E-state index in [0.717, 1.165) is 5.56 Å². The van der Waals surface area contributed by atoms with Crippen LogP contribution in [0.15, 0.2) is 36.4 Å². The molecular formula is C18H16ClNO2. The smallest absolute Gasteiger partial charge is 0.234 e. The monoisotopic (exact) mass is 313 g/mol. The van der Waals surface area contributed by atoms with Crippen LogP contribution in [0, 0.1) is 35.5 Å². The van der Waals surface area contributed by atoms with Crippen LogP contribution < -0.4 is 0 Å². The van der Waals surface area contributed by atoms with Gasteiger partial charge in [0.25, 0.3) is 0 Å². The maximum Gasteiger partial charge on any atom is 0.234 e. The molecule has 0 N–H and O–H groups in total. The molecule has 0 spiro atoms. The zero-order valence-corrected chi connectivity index (χ0v) is 12.7. The van der Waals surface area contributed by atoms with Crippen molar-refractivity contribution < 1.29 is 9.59 Å². The minimum atomic E-state index is -0.117. The topological polar surface area (TPSA) is 37.4 Å². The lowest BCUT2D eigenvalue weighted by molar-refractivity contribution is -0.140. The van der Waals surface area contributed by atoms with Gasteiger partial charge in [-0.3, -0.25) is 14.5 Å². The van der Waals surface area contributed by atoms with Crippen molar-refractivity contribution in [1.29, 1.82) is 0 Å². The molecule has 0 aromatic heterocycles. The van der Waals surface area contributed by atoms with E-state index < -0.39 is 0 Å². The van der Waals surface area contributed by atoms with E-state index in [4.69, 9.17) is 11.6 Å². The summed E-state index contributed by atoms with van der Waals surface area (Å²) < 4.78 is 0. The van der Waals surface area contributed by atoms with Gasteiger partial charge in [-0.05, 0) is 41.7 Å². The molecule has 1 heterocycles. The number of carbonyl (C=O) groups excluding carboxylic acids is 2. The highest BCUT2D eigenvalue weighted by Crippen LogP contribution is 2.65. The molecule has 1 saturated heterocycles. The lowest BCUT2D eigenvalue weighted by Crippen LogP contribution is -2.40. The SMILES string of the molecule is O=C1[C@@H]2[C@H]3C=C[C@@H]([C@@H]4C[C@@H]34)[C@@H]2C(=O)N1Cc1ccccc1Cl. The van der Waals surface area contributed by atoms with Crippen LogP contribution in [0.4, 0.5) is 0 Å². The molecule has 3 fully saturated rings. The number of halogens is 1. The molecule has 2 amide bonds. The van der Waals surface area contributed by atoms with Crippen molar-refractivity contribution >= 4 is 23.4 Å². The molecule has 6 atom stereocenters. The first kappa shape index (κ1) is 12.9. The first-order valence-corrected chi connectivity index (χ1v) is 8.31. The highest BCUT2D eigenvalue weighted by molar-refractivity contribution is 6.31. The van der Waals surface area contributed by atoms with Crippen LogP contribution in [0.3, 0.4) is 0 Å². The predicted molar refractivity (Wildman–Crippen MR) is 81.7 cm³/mol. The second kappa shape index (κ2) is 4.23. The summed E-state index contributed by atoms with van der Waals surface area (Å²) in [6.07, 6.45) is 5.59. The number of benzene rings is 1. The summed E-state index contributed by atoms with van der Waals surface area (Å²) in [6, 6.07) is 7.43. The Bertz CT molecular complexity index is 692. The zero-order chi connectivity index (χ0) is 15.0. The zero-order valence-electron chi connectivity index (χ0n) is 12.0. The molecule has 5 aliphatic rings. The minimum absolute atomic E-state index is 0.0135. The first-order valence-electron chi connectivity index (χ1n) is 7.94. The quantitative estimate of drug-likeness (QED) is 0.622. The van der Waals surface area contributed by atoms with Gasteiger partial charge >= 0.3 is 0 Å². The Labute approximate surface area is 133 Å². The van der Waals surface area contributed by atoms with E-state index in [9.17, 15) is 9.59 Å². The van der Waals surface area contributed by atoms with Crippen molar-refractivity contribution in [3.8, 4) is 0 Å². The molecule has 0 unspecified atom stereocenters. The van der Waals surface area contributed by atoms with Crippen LogP contribution in [-0.2, 0) is 16.1 Å². The lowest BCUT2D eigenvalue weighted by Gasteiger charge is -2.37. The van der Waals surface area contributed by atoms with E-state index in [1.165, 1.54) is 11.3 Å². The molecule has 1 aromatic carbocycles. The molecule has 1 aromatic rings. The van der Waals surface area contributed by atoms with E-state index in [0.29, 0.717) is 23.4 Å². The van der Waals surface area contributed by atoms with Gasteiger partial charge in [-0.2, -0.15) is 0 Å². The fourth-order valence-corrected chi connectivity index (χ4v) is 5.17. The number of likely N-dealkylation sites (tertiary alicyclic amines) is 1. The molecule has 4 aliphatic carbocycles. The largest absolute Gasteiger partial charge is 0.278 e. The van der Waals surface area contributed by atoms with Crippen molar-refractivity contribution in [3.63, 3.8) is 0 Å². The Morgan fingerprint density at radius 1 is 1.00 bits per heavy atom. The van der Waals surface area contributed by atoms with Gasteiger partial charge in [0.05, 0.1) is 18.4 Å². The van der Waals surface area contributed by atoms with Crippen molar-refractivity contribution in [1.82, 2.24) is 4.90 Å². The Morgan fingerprint density at radius 2 is 1.59 bits per heavy atom. The number of imide groups is 1. The van der Waals surface area contributed by atoms with Gasteiger partial charge in [-0.15, -0.1) is 0 Å². The van der Waals surface area contributed by atoms with Gasteiger partial charge in [0.15, 0.2) is 0 Å². The van der Waals surface area contributed by atoms with Crippen molar-refractivity contribution in [3.05, 3.63) is 47.0 Å². The fourth-order valence-electron chi connectivity index (χ4n) is 4.97. The van der Waals surface area contributed by atoms with Crippen LogP contribution in [-0.4, -0.2) is 16.7 Å². The number of hydrogen-bond donors (Lipinski definition) is 0. The molecule has 3 nitrogen and oxygen atoms in total.